The number of nitrogens with zero attached hydrogens (tertiary/aromatic N) is 3. The van der Waals surface area contributed by atoms with Crippen LogP contribution in [0.3, 0.4) is 0 Å². The lowest BCUT2D eigenvalue weighted by molar-refractivity contribution is 0.0221. The van der Waals surface area contributed by atoms with E-state index in [1.165, 1.54) is 0 Å². The summed E-state index contributed by atoms with van der Waals surface area (Å²) < 4.78 is 5.41. The van der Waals surface area contributed by atoms with Crippen molar-refractivity contribution in [3.63, 3.8) is 0 Å². The summed E-state index contributed by atoms with van der Waals surface area (Å²) in [5.74, 6) is 0.605. The monoisotopic (exact) mass is 356 g/mol. The molecule has 0 bridgehead atoms. The second kappa shape index (κ2) is 6.72. The fourth-order valence-corrected chi connectivity index (χ4v) is 2.53. The molecule has 1 aromatic rings. The van der Waals surface area contributed by atoms with Gasteiger partial charge in [-0.05, 0) is 52.6 Å². The summed E-state index contributed by atoms with van der Waals surface area (Å²) in [5.41, 5.74) is 0.538. The lowest BCUT2D eigenvalue weighted by atomic mass is 10.0. The van der Waals surface area contributed by atoms with Crippen molar-refractivity contribution in [2.75, 3.05) is 18.5 Å². The standard InChI is InChI=1S/C16H25ClN4O3/c1-15(2,3)24-14(23)21-7-6-10-11(8-21)18-13(17)19-12(10)20-16(4,5)9-22/h22H,6-9H2,1-5H3,(H,18,19,20). The maximum atomic E-state index is 12.2. The van der Waals surface area contributed by atoms with E-state index in [-0.39, 0.29) is 18.0 Å². The van der Waals surface area contributed by atoms with Crippen molar-refractivity contribution in [3.05, 3.63) is 16.5 Å². The zero-order chi connectivity index (χ0) is 18.1. The molecule has 1 aromatic heterocycles. The minimum Gasteiger partial charge on any atom is -0.444 e. The van der Waals surface area contributed by atoms with Gasteiger partial charge in [-0.1, -0.05) is 0 Å². The second-order valence-electron chi connectivity index (χ2n) is 7.59. The maximum absolute atomic E-state index is 12.2. The molecule has 0 aliphatic carbocycles. The summed E-state index contributed by atoms with van der Waals surface area (Å²) >= 11 is 6.03. The van der Waals surface area contributed by atoms with E-state index in [2.05, 4.69) is 15.3 Å². The number of anilines is 1. The Labute approximate surface area is 147 Å². The lowest BCUT2D eigenvalue weighted by Crippen LogP contribution is -2.41. The zero-order valence-electron chi connectivity index (χ0n) is 14.8. The van der Waals surface area contributed by atoms with Crippen molar-refractivity contribution in [1.29, 1.82) is 0 Å². The Bertz CT molecular complexity index is 628. The number of rotatable bonds is 3. The fourth-order valence-electron chi connectivity index (χ4n) is 2.35. The summed E-state index contributed by atoms with van der Waals surface area (Å²) in [7, 11) is 0. The summed E-state index contributed by atoms with van der Waals surface area (Å²) in [6.07, 6.45) is 0.225. The Kier molecular flexibility index (Phi) is 5.25. The van der Waals surface area contributed by atoms with Crippen LogP contribution >= 0.6 is 11.6 Å². The van der Waals surface area contributed by atoms with Crippen LogP contribution in [-0.2, 0) is 17.7 Å². The highest BCUT2D eigenvalue weighted by Crippen LogP contribution is 2.27. The van der Waals surface area contributed by atoms with Gasteiger partial charge in [0, 0.05) is 12.1 Å². The highest BCUT2D eigenvalue weighted by Gasteiger charge is 2.29. The van der Waals surface area contributed by atoms with Gasteiger partial charge >= 0.3 is 6.09 Å². The quantitative estimate of drug-likeness (QED) is 0.809. The molecule has 1 aliphatic heterocycles. The third kappa shape index (κ3) is 4.70. The van der Waals surface area contributed by atoms with Crippen LogP contribution in [-0.4, -0.2) is 50.4 Å². The van der Waals surface area contributed by atoms with E-state index in [0.717, 1.165) is 5.56 Å². The first-order valence-electron chi connectivity index (χ1n) is 7.93. The van der Waals surface area contributed by atoms with Crippen molar-refractivity contribution in [2.45, 2.75) is 58.7 Å². The Morgan fingerprint density at radius 1 is 1.33 bits per heavy atom. The SMILES string of the molecule is CC(C)(CO)Nc1nc(Cl)nc2c1CCN(C(=O)OC(C)(C)C)C2. The van der Waals surface area contributed by atoms with Crippen LogP contribution in [0.15, 0.2) is 0 Å². The molecule has 1 aliphatic rings. The first kappa shape index (κ1) is 18.7. The van der Waals surface area contributed by atoms with Crippen molar-refractivity contribution < 1.29 is 14.6 Å². The average Bonchev–Trinajstić information content (AvgIpc) is 2.44. The molecule has 8 heteroatoms. The minimum absolute atomic E-state index is 0.0482. The van der Waals surface area contributed by atoms with Crippen LogP contribution in [0.2, 0.25) is 5.28 Å². The van der Waals surface area contributed by atoms with Gasteiger partial charge < -0.3 is 20.1 Å². The summed E-state index contributed by atoms with van der Waals surface area (Å²) in [5, 5.41) is 12.7. The topological polar surface area (TPSA) is 87.6 Å². The molecule has 0 spiro atoms. The summed E-state index contributed by atoms with van der Waals surface area (Å²) in [6, 6.07) is 0. The molecule has 0 unspecified atom stereocenters. The Hall–Kier alpha value is -1.60. The molecule has 0 saturated heterocycles. The largest absolute Gasteiger partial charge is 0.444 e. The van der Waals surface area contributed by atoms with Crippen LogP contribution in [0.1, 0.15) is 45.9 Å². The van der Waals surface area contributed by atoms with Crippen molar-refractivity contribution in [1.82, 2.24) is 14.9 Å². The number of carbonyl (C=O) groups excluding carboxylic acids is 1. The Balaban J connectivity index is 2.23. The van der Waals surface area contributed by atoms with Gasteiger partial charge in [-0.25, -0.2) is 14.8 Å². The van der Waals surface area contributed by atoms with Crippen LogP contribution in [0.25, 0.3) is 0 Å². The third-order valence-electron chi connectivity index (χ3n) is 3.54. The van der Waals surface area contributed by atoms with Gasteiger partial charge in [-0.3, -0.25) is 0 Å². The molecule has 0 atom stereocenters. The second-order valence-corrected chi connectivity index (χ2v) is 7.92. The van der Waals surface area contributed by atoms with Gasteiger partial charge in [-0.15, -0.1) is 0 Å². The molecule has 134 valence electrons. The zero-order valence-corrected chi connectivity index (χ0v) is 15.6. The number of carbonyl (C=O) groups is 1. The number of aliphatic hydroxyl groups excluding tert-OH is 1. The summed E-state index contributed by atoms with van der Waals surface area (Å²) in [6.45, 7) is 10.0. The van der Waals surface area contributed by atoms with Crippen LogP contribution in [0.4, 0.5) is 10.6 Å². The molecule has 0 aromatic carbocycles. The summed E-state index contributed by atoms with van der Waals surface area (Å²) in [4.78, 5) is 22.4. The van der Waals surface area contributed by atoms with Crippen molar-refractivity contribution >= 4 is 23.5 Å². The van der Waals surface area contributed by atoms with Gasteiger partial charge in [0.05, 0.1) is 24.4 Å². The molecule has 0 saturated carbocycles. The molecule has 0 radical (unpaired) electrons. The van der Waals surface area contributed by atoms with Gasteiger partial charge in [0.2, 0.25) is 5.28 Å². The maximum Gasteiger partial charge on any atom is 0.410 e. The number of aromatic nitrogens is 2. The van der Waals surface area contributed by atoms with Crippen molar-refractivity contribution in [3.8, 4) is 0 Å². The number of hydrogen-bond donors (Lipinski definition) is 2. The molecule has 2 N–H and O–H groups in total. The normalized spacial score (nSPS) is 15.0. The highest BCUT2D eigenvalue weighted by atomic mass is 35.5. The predicted octanol–water partition coefficient (Wildman–Crippen LogP) is 2.61. The Morgan fingerprint density at radius 2 is 2.00 bits per heavy atom. The van der Waals surface area contributed by atoms with Crippen molar-refractivity contribution in [2.24, 2.45) is 0 Å². The number of amides is 1. The number of ether oxygens (including phenoxy) is 1. The molecule has 0 fully saturated rings. The molecule has 24 heavy (non-hydrogen) atoms. The van der Waals surface area contributed by atoms with E-state index >= 15 is 0 Å². The van der Waals surface area contributed by atoms with Gasteiger partial charge in [0.15, 0.2) is 0 Å². The predicted molar refractivity (Wildman–Crippen MR) is 92.2 cm³/mol. The lowest BCUT2D eigenvalue weighted by Gasteiger charge is -2.32. The van der Waals surface area contributed by atoms with E-state index in [4.69, 9.17) is 16.3 Å². The number of fused-ring (bicyclic) bond motifs is 1. The average molecular weight is 357 g/mol. The molecule has 2 rings (SSSR count). The smallest absolute Gasteiger partial charge is 0.410 e. The van der Waals surface area contributed by atoms with Crippen LogP contribution < -0.4 is 5.32 Å². The van der Waals surface area contributed by atoms with E-state index in [1.807, 2.05) is 34.6 Å². The van der Waals surface area contributed by atoms with E-state index in [1.54, 1.807) is 4.90 Å². The van der Waals surface area contributed by atoms with E-state index in [0.29, 0.717) is 31.0 Å². The van der Waals surface area contributed by atoms with Gasteiger partial charge in [-0.2, -0.15) is 0 Å². The molecule has 7 nitrogen and oxygen atoms in total. The van der Waals surface area contributed by atoms with E-state index in [9.17, 15) is 9.90 Å². The minimum atomic E-state index is -0.543. The number of hydrogen-bond acceptors (Lipinski definition) is 6. The first-order chi connectivity index (χ1) is 11.0. The number of nitrogens with one attached hydrogen (secondary N) is 1. The molecule has 2 heterocycles. The van der Waals surface area contributed by atoms with E-state index < -0.39 is 11.1 Å². The first-order valence-corrected chi connectivity index (χ1v) is 8.31. The Morgan fingerprint density at radius 3 is 2.58 bits per heavy atom. The highest BCUT2D eigenvalue weighted by molar-refractivity contribution is 6.28. The third-order valence-corrected chi connectivity index (χ3v) is 3.71. The van der Waals surface area contributed by atoms with Gasteiger partial charge in [0.25, 0.3) is 0 Å². The number of halogens is 1. The molecular formula is C16H25ClN4O3. The number of aliphatic hydroxyl groups is 1. The molecular weight excluding hydrogens is 332 g/mol. The van der Waals surface area contributed by atoms with Gasteiger partial charge in [0.1, 0.15) is 11.4 Å². The van der Waals surface area contributed by atoms with Crippen LogP contribution in [0.5, 0.6) is 0 Å². The fraction of sp³-hybridized carbons (Fsp3) is 0.688. The molecule has 1 amide bonds. The van der Waals surface area contributed by atoms with Crippen LogP contribution in [0, 0.1) is 0 Å².